The Morgan fingerprint density at radius 3 is 3.07 bits per heavy atom. The molecule has 1 aliphatic rings. The first kappa shape index (κ1) is 9.46. The lowest BCUT2D eigenvalue weighted by atomic mass is 10.1. The molecule has 0 bridgehead atoms. The molecule has 14 heavy (non-hydrogen) atoms. The van der Waals surface area contributed by atoms with Crippen LogP contribution in [0.2, 0.25) is 0 Å². The van der Waals surface area contributed by atoms with E-state index in [4.69, 9.17) is 4.74 Å². The van der Waals surface area contributed by atoms with Crippen LogP contribution in [0.3, 0.4) is 0 Å². The molecule has 0 fully saturated rings. The van der Waals surface area contributed by atoms with Crippen LogP contribution in [0.15, 0.2) is 17.5 Å². The SMILES string of the molecule is COC(=O)c1ccsc1C1=CCCC1. The molecule has 0 N–H and O–H groups in total. The van der Waals surface area contributed by atoms with E-state index in [0.29, 0.717) is 5.56 Å². The fourth-order valence-electron chi connectivity index (χ4n) is 1.71. The molecule has 1 heterocycles. The van der Waals surface area contributed by atoms with Crippen molar-refractivity contribution in [2.75, 3.05) is 7.11 Å². The normalized spacial score (nSPS) is 15.4. The molecule has 0 saturated heterocycles. The summed E-state index contributed by atoms with van der Waals surface area (Å²) in [6, 6.07) is 1.84. The third kappa shape index (κ3) is 1.60. The van der Waals surface area contributed by atoms with E-state index in [0.717, 1.165) is 17.7 Å². The van der Waals surface area contributed by atoms with Gasteiger partial charge in [-0.05, 0) is 36.3 Å². The van der Waals surface area contributed by atoms with Crippen molar-refractivity contribution in [2.45, 2.75) is 19.3 Å². The maximum atomic E-state index is 11.4. The fourth-order valence-corrected chi connectivity index (χ4v) is 2.66. The van der Waals surface area contributed by atoms with Crippen LogP contribution in [0.4, 0.5) is 0 Å². The molecule has 3 heteroatoms. The summed E-state index contributed by atoms with van der Waals surface area (Å²) in [5.74, 6) is -0.228. The molecule has 74 valence electrons. The molecule has 0 aliphatic heterocycles. The van der Waals surface area contributed by atoms with Crippen molar-refractivity contribution < 1.29 is 9.53 Å². The predicted octanol–water partition coefficient (Wildman–Crippen LogP) is 3.10. The van der Waals surface area contributed by atoms with Crippen molar-refractivity contribution in [1.82, 2.24) is 0 Å². The summed E-state index contributed by atoms with van der Waals surface area (Å²) >= 11 is 1.62. The van der Waals surface area contributed by atoms with Gasteiger partial charge in [-0.25, -0.2) is 4.79 Å². The fraction of sp³-hybridized carbons (Fsp3) is 0.364. The van der Waals surface area contributed by atoms with Crippen molar-refractivity contribution in [1.29, 1.82) is 0 Å². The molecule has 2 nitrogen and oxygen atoms in total. The van der Waals surface area contributed by atoms with Gasteiger partial charge in [0.2, 0.25) is 0 Å². The summed E-state index contributed by atoms with van der Waals surface area (Å²) < 4.78 is 4.74. The average molecular weight is 208 g/mol. The van der Waals surface area contributed by atoms with Crippen molar-refractivity contribution in [3.63, 3.8) is 0 Å². The molecule has 0 saturated carbocycles. The van der Waals surface area contributed by atoms with Crippen LogP contribution >= 0.6 is 11.3 Å². The molecular formula is C11H12O2S. The smallest absolute Gasteiger partial charge is 0.339 e. The zero-order chi connectivity index (χ0) is 9.97. The van der Waals surface area contributed by atoms with Crippen LogP contribution in [-0.4, -0.2) is 13.1 Å². The number of hydrogen-bond acceptors (Lipinski definition) is 3. The molecule has 0 spiro atoms. The molecule has 0 unspecified atom stereocenters. The molecule has 1 aliphatic carbocycles. The third-order valence-electron chi connectivity index (χ3n) is 2.40. The molecule has 0 radical (unpaired) electrons. The molecular weight excluding hydrogens is 196 g/mol. The minimum absolute atomic E-state index is 0.228. The predicted molar refractivity (Wildman–Crippen MR) is 57.5 cm³/mol. The Morgan fingerprint density at radius 1 is 1.57 bits per heavy atom. The Balaban J connectivity index is 2.34. The summed E-state index contributed by atoms with van der Waals surface area (Å²) in [5.41, 5.74) is 2.02. The molecule has 2 rings (SSSR count). The summed E-state index contributed by atoms with van der Waals surface area (Å²) in [4.78, 5) is 12.5. The average Bonchev–Trinajstić information content (AvgIpc) is 2.85. The summed E-state index contributed by atoms with van der Waals surface area (Å²) in [7, 11) is 1.42. The second-order valence-electron chi connectivity index (χ2n) is 3.28. The highest BCUT2D eigenvalue weighted by atomic mass is 32.1. The van der Waals surface area contributed by atoms with Crippen molar-refractivity contribution in [2.24, 2.45) is 0 Å². The summed E-state index contributed by atoms with van der Waals surface area (Å²) in [5, 5.41) is 1.95. The summed E-state index contributed by atoms with van der Waals surface area (Å²) in [6.45, 7) is 0. The Kier molecular flexibility index (Phi) is 2.68. The van der Waals surface area contributed by atoms with Gasteiger partial charge in [0.1, 0.15) is 0 Å². The first-order chi connectivity index (χ1) is 6.83. The number of rotatable bonds is 2. The van der Waals surface area contributed by atoms with Gasteiger partial charge in [-0.2, -0.15) is 0 Å². The number of allylic oxidation sites excluding steroid dienone is 2. The topological polar surface area (TPSA) is 26.3 Å². The number of hydrogen-bond donors (Lipinski definition) is 0. The Hall–Kier alpha value is -1.09. The molecule has 0 aromatic carbocycles. The minimum atomic E-state index is -0.228. The maximum absolute atomic E-state index is 11.4. The molecule has 0 amide bonds. The number of methoxy groups -OCH3 is 1. The van der Waals surface area contributed by atoms with Gasteiger partial charge >= 0.3 is 5.97 Å². The number of carbonyl (C=O) groups is 1. The lowest BCUT2D eigenvalue weighted by Gasteiger charge is -2.02. The van der Waals surface area contributed by atoms with Gasteiger partial charge in [-0.15, -0.1) is 11.3 Å². The van der Waals surface area contributed by atoms with Crippen LogP contribution in [-0.2, 0) is 4.74 Å². The van der Waals surface area contributed by atoms with Gasteiger partial charge in [0.15, 0.2) is 0 Å². The highest BCUT2D eigenvalue weighted by Gasteiger charge is 2.17. The lowest BCUT2D eigenvalue weighted by molar-refractivity contribution is 0.0601. The van der Waals surface area contributed by atoms with Crippen molar-refractivity contribution in [3.8, 4) is 0 Å². The van der Waals surface area contributed by atoms with E-state index in [2.05, 4.69) is 6.08 Å². The first-order valence-corrected chi connectivity index (χ1v) is 5.56. The van der Waals surface area contributed by atoms with Gasteiger partial charge in [0.25, 0.3) is 0 Å². The number of thiophene rings is 1. The Labute approximate surface area is 87.2 Å². The van der Waals surface area contributed by atoms with Crippen LogP contribution in [0.1, 0.15) is 34.5 Å². The van der Waals surface area contributed by atoms with Gasteiger partial charge in [-0.3, -0.25) is 0 Å². The van der Waals surface area contributed by atoms with Crippen molar-refractivity contribution >= 4 is 22.9 Å². The zero-order valence-electron chi connectivity index (χ0n) is 8.08. The van der Waals surface area contributed by atoms with Gasteiger partial charge in [0.05, 0.1) is 12.7 Å². The largest absolute Gasteiger partial charge is 0.465 e. The molecule has 1 aromatic heterocycles. The van der Waals surface area contributed by atoms with Crippen molar-refractivity contribution in [3.05, 3.63) is 28.0 Å². The van der Waals surface area contributed by atoms with Crippen LogP contribution in [0, 0.1) is 0 Å². The van der Waals surface area contributed by atoms with E-state index in [-0.39, 0.29) is 5.97 Å². The Bertz CT molecular complexity index is 376. The van der Waals surface area contributed by atoms with E-state index < -0.39 is 0 Å². The highest BCUT2D eigenvalue weighted by molar-refractivity contribution is 7.11. The van der Waals surface area contributed by atoms with Crippen LogP contribution in [0.5, 0.6) is 0 Å². The van der Waals surface area contributed by atoms with E-state index in [1.807, 2.05) is 11.4 Å². The number of esters is 1. The van der Waals surface area contributed by atoms with Gasteiger partial charge in [0, 0.05) is 4.88 Å². The van der Waals surface area contributed by atoms with Crippen LogP contribution < -0.4 is 0 Å². The zero-order valence-corrected chi connectivity index (χ0v) is 8.89. The van der Waals surface area contributed by atoms with E-state index >= 15 is 0 Å². The quantitative estimate of drug-likeness (QED) is 0.698. The number of carbonyl (C=O) groups excluding carboxylic acids is 1. The second kappa shape index (κ2) is 3.96. The summed E-state index contributed by atoms with van der Waals surface area (Å²) in [6.07, 6.45) is 5.64. The molecule has 0 atom stereocenters. The standard InChI is InChI=1S/C11H12O2S/c1-13-11(12)9-6-7-14-10(9)8-4-2-3-5-8/h4,6-7H,2-3,5H2,1H3. The van der Waals surface area contributed by atoms with E-state index in [9.17, 15) is 4.79 Å². The van der Waals surface area contributed by atoms with Gasteiger partial charge in [-0.1, -0.05) is 6.08 Å². The monoisotopic (exact) mass is 208 g/mol. The maximum Gasteiger partial charge on any atom is 0.339 e. The van der Waals surface area contributed by atoms with E-state index in [1.54, 1.807) is 11.3 Å². The Morgan fingerprint density at radius 2 is 2.43 bits per heavy atom. The third-order valence-corrected chi connectivity index (χ3v) is 3.39. The minimum Gasteiger partial charge on any atom is -0.465 e. The second-order valence-corrected chi connectivity index (χ2v) is 4.19. The van der Waals surface area contributed by atoms with E-state index in [1.165, 1.54) is 19.1 Å². The van der Waals surface area contributed by atoms with Gasteiger partial charge < -0.3 is 4.74 Å². The highest BCUT2D eigenvalue weighted by Crippen LogP contribution is 2.33. The first-order valence-electron chi connectivity index (χ1n) is 4.68. The van der Waals surface area contributed by atoms with Crippen LogP contribution in [0.25, 0.3) is 5.57 Å². The molecule has 1 aromatic rings. The number of ether oxygens (including phenoxy) is 1. The lowest BCUT2D eigenvalue weighted by Crippen LogP contribution is -2.01.